The van der Waals surface area contributed by atoms with Crippen molar-refractivity contribution in [1.29, 1.82) is 0 Å². The molecule has 1 aromatic rings. The minimum absolute atomic E-state index is 0.0529. The molecule has 8 heteroatoms. The maximum absolute atomic E-state index is 12.4. The predicted octanol–water partition coefficient (Wildman–Crippen LogP) is 0.675. The second kappa shape index (κ2) is 10.9. The standard InChI is InChI=1S/C20H29N3O3.CH2O2/c1-14-5-4-6-15(7-14)8-19(24)21-16-9-17-13-26-18(12-23(17)11-16)10-20(25)22(2)3;2-1-3/h4-7,16-18H,8-13H2,1-3H3,(H,21,24);1H,(H,2,3)/t16-,17-,18-;/m0./s1. The number of nitrogens with one attached hydrogen (secondary N) is 1. The van der Waals surface area contributed by atoms with Crippen LogP contribution in [0.3, 0.4) is 0 Å². The highest BCUT2D eigenvalue weighted by molar-refractivity contribution is 5.79. The molecule has 2 aliphatic heterocycles. The minimum atomic E-state index is -0.250. The second-order valence-electron chi connectivity index (χ2n) is 7.83. The van der Waals surface area contributed by atoms with E-state index >= 15 is 0 Å². The molecule has 2 saturated heterocycles. The number of ether oxygens (including phenoxy) is 1. The van der Waals surface area contributed by atoms with Gasteiger partial charge in [-0.15, -0.1) is 0 Å². The normalized spacial score (nSPS) is 23.3. The Kier molecular flexibility index (Phi) is 8.60. The Morgan fingerprint density at radius 2 is 2.07 bits per heavy atom. The van der Waals surface area contributed by atoms with E-state index in [4.69, 9.17) is 14.6 Å². The highest BCUT2D eigenvalue weighted by Crippen LogP contribution is 2.24. The van der Waals surface area contributed by atoms with Crippen molar-refractivity contribution in [1.82, 2.24) is 15.1 Å². The summed E-state index contributed by atoms with van der Waals surface area (Å²) in [6, 6.07) is 8.56. The Labute approximate surface area is 171 Å². The summed E-state index contributed by atoms with van der Waals surface area (Å²) in [6.07, 6.45) is 1.69. The van der Waals surface area contributed by atoms with Crippen molar-refractivity contribution in [2.24, 2.45) is 0 Å². The second-order valence-corrected chi connectivity index (χ2v) is 7.83. The molecule has 0 aliphatic carbocycles. The van der Waals surface area contributed by atoms with Crippen LogP contribution in [0.5, 0.6) is 0 Å². The SMILES string of the molecule is Cc1cccc(CC(=O)N[C@H]2C[C@H]3CO[C@@H](CC(=O)N(C)C)CN3C2)c1.O=CO. The Hall–Kier alpha value is -2.45. The third-order valence-electron chi connectivity index (χ3n) is 5.20. The smallest absolute Gasteiger partial charge is 0.290 e. The lowest BCUT2D eigenvalue weighted by molar-refractivity contribution is -0.134. The molecular formula is C21H31N3O5. The molecule has 8 nitrogen and oxygen atoms in total. The van der Waals surface area contributed by atoms with Crippen LogP contribution in [0.25, 0.3) is 0 Å². The van der Waals surface area contributed by atoms with Crippen molar-refractivity contribution in [2.75, 3.05) is 33.8 Å². The first-order chi connectivity index (χ1) is 13.8. The first-order valence-electron chi connectivity index (χ1n) is 9.81. The lowest BCUT2D eigenvalue weighted by atomic mass is 10.1. The highest BCUT2D eigenvalue weighted by Gasteiger charge is 2.38. The Morgan fingerprint density at radius 3 is 2.72 bits per heavy atom. The molecule has 2 N–H and O–H groups in total. The number of rotatable bonds is 5. The molecule has 2 heterocycles. The van der Waals surface area contributed by atoms with Crippen LogP contribution >= 0.6 is 0 Å². The number of carboxylic acid groups (broad SMARTS) is 1. The van der Waals surface area contributed by atoms with E-state index < -0.39 is 0 Å². The van der Waals surface area contributed by atoms with Gasteiger partial charge in [-0.3, -0.25) is 19.3 Å². The van der Waals surface area contributed by atoms with Crippen molar-refractivity contribution < 1.29 is 24.2 Å². The van der Waals surface area contributed by atoms with E-state index in [0.717, 1.165) is 25.1 Å². The van der Waals surface area contributed by atoms with Crippen LogP contribution in [0, 0.1) is 6.92 Å². The van der Waals surface area contributed by atoms with Crippen molar-refractivity contribution in [3.63, 3.8) is 0 Å². The van der Waals surface area contributed by atoms with Gasteiger partial charge in [0.1, 0.15) is 0 Å². The number of aryl methyl sites for hydroxylation is 1. The van der Waals surface area contributed by atoms with Gasteiger partial charge in [0.05, 0.1) is 25.6 Å². The van der Waals surface area contributed by atoms with E-state index in [1.165, 1.54) is 5.56 Å². The Morgan fingerprint density at radius 1 is 1.34 bits per heavy atom. The highest BCUT2D eigenvalue weighted by atomic mass is 16.5. The summed E-state index contributed by atoms with van der Waals surface area (Å²) >= 11 is 0. The van der Waals surface area contributed by atoms with Crippen LogP contribution < -0.4 is 5.32 Å². The Balaban J connectivity index is 0.000000941. The van der Waals surface area contributed by atoms with Gasteiger partial charge in [-0.2, -0.15) is 0 Å². The molecule has 29 heavy (non-hydrogen) atoms. The zero-order chi connectivity index (χ0) is 21.4. The summed E-state index contributed by atoms with van der Waals surface area (Å²) in [6.45, 7) is 4.01. The fourth-order valence-corrected chi connectivity index (χ4v) is 3.83. The number of hydrogen-bond acceptors (Lipinski definition) is 5. The molecular weight excluding hydrogens is 374 g/mol. The monoisotopic (exact) mass is 405 g/mol. The maximum atomic E-state index is 12.4. The summed E-state index contributed by atoms with van der Waals surface area (Å²) in [7, 11) is 3.53. The van der Waals surface area contributed by atoms with Gasteiger partial charge in [0.15, 0.2) is 0 Å². The van der Waals surface area contributed by atoms with Gasteiger partial charge in [0.2, 0.25) is 11.8 Å². The molecule has 2 fully saturated rings. The van der Waals surface area contributed by atoms with Gasteiger partial charge in [-0.1, -0.05) is 29.8 Å². The van der Waals surface area contributed by atoms with E-state index in [0.29, 0.717) is 25.5 Å². The molecule has 3 atom stereocenters. The topological polar surface area (TPSA) is 99.2 Å². The predicted molar refractivity (Wildman–Crippen MR) is 109 cm³/mol. The number of benzene rings is 1. The van der Waals surface area contributed by atoms with Gasteiger partial charge in [-0.25, -0.2) is 0 Å². The average molecular weight is 405 g/mol. The number of amides is 2. The van der Waals surface area contributed by atoms with Gasteiger partial charge in [-0.05, 0) is 18.9 Å². The zero-order valence-corrected chi connectivity index (χ0v) is 17.3. The van der Waals surface area contributed by atoms with Crippen molar-refractivity contribution >= 4 is 18.3 Å². The first kappa shape index (κ1) is 22.8. The molecule has 0 saturated carbocycles. The number of morpholine rings is 1. The number of carbonyl (C=O) groups is 3. The van der Waals surface area contributed by atoms with Gasteiger partial charge in [0, 0.05) is 39.3 Å². The largest absolute Gasteiger partial charge is 0.483 e. The lowest BCUT2D eigenvalue weighted by Crippen LogP contribution is -2.47. The number of fused-ring (bicyclic) bond motifs is 1. The molecule has 0 unspecified atom stereocenters. The van der Waals surface area contributed by atoms with Gasteiger partial charge < -0.3 is 20.1 Å². The summed E-state index contributed by atoms with van der Waals surface area (Å²) in [5.74, 6) is 0.163. The van der Waals surface area contributed by atoms with Crippen LogP contribution in [0.15, 0.2) is 24.3 Å². The summed E-state index contributed by atoms with van der Waals surface area (Å²) < 4.78 is 5.87. The Bertz CT molecular complexity index is 709. The molecule has 0 bridgehead atoms. The molecule has 0 spiro atoms. The van der Waals surface area contributed by atoms with Gasteiger partial charge in [0.25, 0.3) is 6.47 Å². The van der Waals surface area contributed by atoms with Crippen LogP contribution in [0.4, 0.5) is 0 Å². The van der Waals surface area contributed by atoms with Crippen molar-refractivity contribution in [2.45, 2.75) is 44.4 Å². The summed E-state index contributed by atoms with van der Waals surface area (Å²) in [5, 5.41) is 10.1. The van der Waals surface area contributed by atoms with Crippen LogP contribution in [0.1, 0.15) is 24.0 Å². The zero-order valence-electron chi connectivity index (χ0n) is 17.3. The first-order valence-corrected chi connectivity index (χ1v) is 9.81. The molecule has 1 aromatic carbocycles. The molecule has 0 radical (unpaired) electrons. The molecule has 2 amide bonds. The number of hydrogen-bond donors (Lipinski definition) is 2. The van der Waals surface area contributed by atoms with E-state index in [1.807, 2.05) is 25.1 Å². The van der Waals surface area contributed by atoms with E-state index in [9.17, 15) is 9.59 Å². The maximum Gasteiger partial charge on any atom is 0.290 e. The van der Waals surface area contributed by atoms with Gasteiger partial charge >= 0.3 is 0 Å². The van der Waals surface area contributed by atoms with Crippen LogP contribution in [-0.4, -0.2) is 85.2 Å². The third kappa shape index (κ3) is 7.14. The fourth-order valence-electron chi connectivity index (χ4n) is 3.83. The average Bonchev–Trinajstić information content (AvgIpc) is 3.03. The summed E-state index contributed by atoms with van der Waals surface area (Å²) in [5.41, 5.74) is 2.22. The minimum Gasteiger partial charge on any atom is -0.483 e. The molecule has 3 rings (SSSR count). The molecule has 160 valence electrons. The number of carbonyl (C=O) groups excluding carboxylic acids is 2. The lowest BCUT2D eigenvalue weighted by Gasteiger charge is -2.35. The van der Waals surface area contributed by atoms with Crippen LogP contribution in [0.2, 0.25) is 0 Å². The fraction of sp³-hybridized carbons (Fsp3) is 0.571. The van der Waals surface area contributed by atoms with E-state index in [-0.39, 0.29) is 30.4 Å². The molecule has 0 aromatic heterocycles. The van der Waals surface area contributed by atoms with Crippen LogP contribution in [-0.2, 0) is 25.5 Å². The van der Waals surface area contributed by atoms with Crippen molar-refractivity contribution in [3.05, 3.63) is 35.4 Å². The van der Waals surface area contributed by atoms with E-state index in [2.05, 4.69) is 16.3 Å². The number of nitrogens with zero attached hydrogens (tertiary/aromatic N) is 2. The third-order valence-corrected chi connectivity index (χ3v) is 5.20. The summed E-state index contributed by atoms with van der Waals surface area (Å²) in [4.78, 5) is 36.6. The quantitative estimate of drug-likeness (QED) is 0.699. The van der Waals surface area contributed by atoms with E-state index in [1.54, 1.807) is 19.0 Å². The van der Waals surface area contributed by atoms with Crippen molar-refractivity contribution in [3.8, 4) is 0 Å². The molecule has 2 aliphatic rings.